The average Bonchev–Trinajstić information content (AvgIpc) is 2.47. The monoisotopic (exact) mass is 257 g/mol. The van der Waals surface area contributed by atoms with Crippen LogP contribution in [0.3, 0.4) is 0 Å². The number of amides is 1. The normalized spacial score (nSPS) is 21.4. The third-order valence-corrected chi connectivity index (χ3v) is 3.60. The van der Waals surface area contributed by atoms with Gasteiger partial charge in [-0.15, -0.1) is 0 Å². The molecule has 0 aliphatic carbocycles. The SMILES string of the molecule is CC(C(=O)Nc1ccccc1)N1CCCC(C#N)C1. The maximum Gasteiger partial charge on any atom is 0.241 e. The van der Waals surface area contributed by atoms with Gasteiger partial charge in [0.05, 0.1) is 18.0 Å². The van der Waals surface area contributed by atoms with E-state index in [0.29, 0.717) is 6.54 Å². The van der Waals surface area contributed by atoms with Gasteiger partial charge in [0.2, 0.25) is 5.91 Å². The van der Waals surface area contributed by atoms with E-state index >= 15 is 0 Å². The van der Waals surface area contributed by atoms with Crippen LogP contribution in [0.4, 0.5) is 5.69 Å². The zero-order valence-electron chi connectivity index (χ0n) is 11.2. The van der Waals surface area contributed by atoms with Gasteiger partial charge in [-0.1, -0.05) is 18.2 Å². The van der Waals surface area contributed by atoms with Crippen LogP contribution in [0.2, 0.25) is 0 Å². The van der Waals surface area contributed by atoms with E-state index in [0.717, 1.165) is 25.1 Å². The largest absolute Gasteiger partial charge is 0.325 e. The molecule has 1 fully saturated rings. The first-order valence-electron chi connectivity index (χ1n) is 6.70. The zero-order chi connectivity index (χ0) is 13.7. The van der Waals surface area contributed by atoms with Crippen molar-refractivity contribution in [2.45, 2.75) is 25.8 Å². The van der Waals surface area contributed by atoms with Crippen LogP contribution in [0.15, 0.2) is 30.3 Å². The standard InChI is InChI=1S/C15H19N3O/c1-12(18-9-5-6-13(10-16)11-18)15(19)17-14-7-3-2-4-8-14/h2-4,7-8,12-13H,5-6,9,11H2,1H3,(H,17,19). The Labute approximate surface area is 114 Å². The molecule has 0 aromatic heterocycles. The van der Waals surface area contributed by atoms with Crippen molar-refractivity contribution < 1.29 is 4.79 Å². The second kappa shape index (κ2) is 6.35. The molecule has 1 aromatic carbocycles. The van der Waals surface area contributed by atoms with Gasteiger partial charge in [0, 0.05) is 12.2 Å². The summed E-state index contributed by atoms with van der Waals surface area (Å²) in [7, 11) is 0. The van der Waals surface area contributed by atoms with Crippen LogP contribution in [0, 0.1) is 17.2 Å². The molecule has 2 rings (SSSR count). The second-order valence-electron chi connectivity index (χ2n) is 4.99. The van der Waals surface area contributed by atoms with E-state index in [4.69, 9.17) is 5.26 Å². The first-order chi connectivity index (χ1) is 9.20. The summed E-state index contributed by atoms with van der Waals surface area (Å²) in [6, 6.07) is 11.6. The van der Waals surface area contributed by atoms with Gasteiger partial charge in [0.1, 0.15) is 0 Å². The molecule has 4 heteroatoms. The fraction of sp³-hybridized carbons (Fsp3) is 0.467. The zero-order valence-corrected chi connectivity index (χ0v) is 11.2. The Morgan fingerprint density at radius 1 is 1.47 bits per heavy atom. The summed E-state index contributed by atoms with van der Waals surface area (Å²) >= 11 is 0. The highest BCUT2D eigenvalue weighted by atomic mass is 16.2. The number of hydrogen-bond acceptors (Lipinski definition) is 3. The molecule has 2 atom stereocenters. The first-order valence-corrected chi connectivity index (χ1v) is 6.70. The number of benzene rings is 1. The van der Waals surface area contributed by atoms with E-state index in [2.05, 4.69) is 16.3 Å². The summed E-state index contributed by atoms with van der Waals surface area (Å²) in [5.41, 5.74) is 0.813. The van der Waals surface area contributed by atoms with Crippen molar-refractivity contribution >= 4 is 11.6 Å². The van der Waals surface area contributed by atoms with Gasteiger partial charge in [-0.05, 0) is 38.4 Å². The van der Waals surface area contributed by atoms with E-state index < -0.39 is 0 Å². The lowest BCUT2D eigenvalue weighted by atomic mass is 9.98. The van der Waals surface area contributed by atoms with Crippen LogP contribution in [0.25, 0.3) is 0 Å². The number of hydrogen-bond donors (Lipinski definition) is 1. The highest BCUT2D eigenvalue weighted by Gasteiger charge is 2.27. The van der Waals surface area contributed by atoms with E-state index in [1.807, 2.05) is 37.3 Å². The number of anilines is 1. The predicted molar refractivity (Wildman–Crippen MR) is 74.4 cm³/mol. The van der Waals surface area contributed by atoms with Crippen molar-refractivity contribution in [2.75, 3.05) is 18.4 Å². The quantitative estimate of drug-likeness (QED) is 0.903. The van der Waals surface area contributed by atoms with Gasteiger partial charge < -0.3 is 5.32 Å². The molecule has 0 radical (unpaired) electrons. The summed E-state index contributed by atoms with van der Waals surface area (Å²) in [6.45, 7) is 3.49. The number of carbonyl (C=O) groups excluding carboxylic acids is 1. The second-order valence-corrected chi connectivity index (χ2v) is 4.99. The van der Waals surface area contributed by atoms with Crippen LogP contribution in [0.5, 0.6) is 0 Å². The van der Waals surface area contributed by atoms with E-state index in [-0.39, 0.29) is 17.9 Å². The molecular formula is C15H19N3O. The fourth-order valence-electron chi connectivity index (χ4n) is 2.40. The molecule has 0 spiro atoms. The Kier molecular flexibility index (Phi) is 4.53. The number of likely N-dealkylation sites (tertiary alicyclic amines) is 1. The van der Waals surface area contributed by atoms with Crippen LogP contribution in [-0.4, -0.2) is 29.9 Å². The summed E-state index contributed by atoms with van der Waals surface area (Å²) in [5.74, 6) is 0.0468. The molecule has 1 aliphatic rings. The molecule has 1 N–H and O–H groups in total. The minimum atomic E-state index is -0.198. The molecule has 1 heterocycles. The number of para-hydroxylation sites is 1. The molecule has 1 amide bonds. The van der Waals surface area contributed by atoms with E-state index in [1.54, 1.807) is 0 Å². The van der Waals surface area contributed by atoms with Crippen LogP contribution < -0.4 is 5.32 Å². The summed E-state index contributed by atoms with van der Waals surface area (Å²) in [4.78, 5) is 14.3. The lowest BCUT2D eigenvalue weighted by molar-refractivity contribution is -0.121. The molecule has 2 unspecified atom stereocenters. The Hall–Kier alpha value is -1.86. The highest BCUT2D eigenvalue weighted by molar-refractivity contribution is 5.94. The lowest BCUT2D eigenvalue weighted by Crippen LogP contribution is -2.46. The van der Waals surface area contributed by atoms with Crippen LogP contribution in [-0.2, 0) is 4.79 Å². The molecule has 0 saturated carbocycles. The van der Waals surface area contributed by atoms with Gasteiger partial charge in [-0.3, -0.25) is 9.69 Å². The summed E-state index contributed by atoms with van der Waals surface area (Å²) < 4.78 is 0. The highest BCUT2D eigenvalue weighted by Crippen LogP contribution is 2.18. The van der Waals surface area contributed by atoms with Crippen molar-refractivity contribution in [1.82, 2.24) is 4.90 Å². The number of nitrogens with zero attached hydrogens (tertiary/aromatic N) is 2. The van der Waals surface area contributed by atoms with Crippen molar-refractivity contribution in [3.63, 3.8) is 0 Å². The first kappa shape index (κ1) is 13.6. The molecule has 19 heavy (non-hydrogen) atoms. The van der Waals surface area contributed by atoms with Crippen molar-refractivity contribution in [3.05, 3.63) is 30.3 Å². The average molecular weight is 257 g/mol. The smallest absolute Gasteiger partial charge is 0.241 e. The third-order valence-electron chi connectivity index (χ3n) is 3.60. The van der Waals surface area contributed by atoms with Crippen molar-refractivity contribution in [1.29, 1.82) is 5.26 Å². The maximum atomic E-state index is 12.2. The minimum Gasteiger partial charge on any atom is -0.325 e. The Morgan fingerprint density at radius 3 is 2.89 bits per heavy atom. The Balaban J connectivity index is 1.94. The van der Waals surface area contributed by atoms with Crippen molar-refractivity contribution in [2.24, 2.45) is 5.92 Å². The molecule has 4 nitrogen and oxygen atoms in total. The van der Waals surface area contributed by atoms with E-state index in [1.165, 1.54) is 0 Å². The predicted octanol–water partition coefficient (Wildman–Crippen LogP) is 2.25. The van der Waals surface area contributed by atoms with Gasteiger partial charge in [-0.2, -0.15) is 5.26 Å². The molecule has 100 valence electrons. The van der Waals surface area contributed by atoms with Gasteiger partial charge in [0.25, 0.3) is 0 Å². The molecule has 0 bridgehead atoms. The fourth-order valence-corrected chi connectivity index (χ4v) is 2.40. The molecule has 1 aromatic rings. The summed E-state index contributed by atoms with van der Waals surface area (Å²) in [6.07, 6.45) is 1.93. The lowest BCUT2D eigenvalue weighted by Gasteiger charge is -2.33. The number of rotatable bonds is 3. The number of carbonyl (C=O) groups is 1. The number of nitriles is 1. The number of piperidine rings is 1. The maximum absolute atomic E-state index is 12.2. The Morgan fingerprint density at radius 2 is 2.21 bits per heavy atom. The van der Waals surface area contributed by atoms with E-state index in [9.17, 15) is 4.79 Å². The van der Waals surface area contributed by atoms with Gasteiger partial charge in [0.15, 0.2) is 0 Å². The molecular weight excluding hydrogens is 238 g/mol. The van der Waals surface area contributed by atoms with Crippen LogP contribution in [0.1, 0.15) is 19.8 Å². The van der Waals surface area contributed by atoms with Gasteiger partial charge in [-0.25, -0.2) is 0 Å². The number of nitrogens with one attached hydrogen (secondary N) is 1. The minimum absolute atomic E-state index is 0.00945. The van der Waals surface area contributed by atoms with Gasteiger partial charge >= 0.3 is 0 Å². The summed E-state index contributed by atoms with van der Waals surface area (Å²) in [5, 5.41) is 11.9. The Bertz CT molecular complexity index is 466. The van der Waals surface area contributed by atoms with Crippen molar-refractivity contribution in [3.8, 4) is 6.07 Å². The third kappa shape index (κ3) is 3.55. The van der Waals surface area contributed by atoms with Crippen LogP contribution >= 0.6 is 0 Å². The molecule has 1 saturated heterocycles. The molecule has 1 aliphatic heterocycles. The topological polar surface area (TPSA) is 56.1 Å².